The van der Waals surface area contributed by atoms with Crippen molar-refractivity contribution in [1.82, 2.24) is 14.1 Å². The molecule has 0 bridgehead atoms. The first-order valence-corrected chi connectivity index (χ1v) is 13.9. The zero-order chi connectivity index (χ0) is 26.7. The van der Waals surface area contributed by atoms with Gasteiger partial charge in [0.25, 0.3) is 0 Å². The number of piperidine rings is 1. The fraction of sp³-hybridized carbons (Fsp3) is 0.333. The van der Waals surface area contributed by atoms with Crippen molar-refractivity contribution in [3.05, 3.63) is 77.4 Å². The lowest BCUT2D eigenvalue weighted by Gasteiger charge is -2.43. The Hall–Kier alpha value is -3.57. The standard InChI is InChI=1S/C27H26F2N4O4S/c28-20-4-6-22(7-5-20)33-25-12-19-8-11-32(17-27(19,26(34)35)14-18(25)15-30-33)38(36,37)24-3-1-2-23(13-24)31-10-9-21(29)16-31/h1-7,12-13,15,21H,8-11,14,16-17H2,(H,34,35). The van der Waals surface area contributed by atoms with Crippen LogP contribution in [0.4, 0.5) is 14.5 Å². The third-order valence-corrected chi connectivity index (χ3v) is 9.65. The Morgan fingerprint density at radius 2 is 1.89 bits per heavy atom. The number of aliphatic carboxylic acids is 1. The Morgan fingerprint density at radius 3 is 2.61 bits per heavy atom. The van der Waals surface area contributed by atoms with Crippen LogP contribution in [-0.2, 0) is 21.2 Å². The molecule has 6 rings (SSSR count). The molecule has 3 aliphatic rings. The van der Waals surface area contributed by atoms with Gasteiger partial charge in [0.1, 0.15) is 17.4 Å². The molecule has 11 heteroatoms. The van der Waals surface area contributed by atoms with Crippen molar-refractivity contribution in [1.29, 1.82) is 0 Å². The Morgan fingerprint density at radius 1 is 1.11 bits per heavy atom. The number of halogens is 2. The number of benzene rings is 2. The number of rotatable bonds is 5. The van der Waals surface area contributed by atoms with Crippen LogP contribution in [-0.4, -0.2) is 65.9 Å². The topological polar surface area (TPSA) is 95.7 Å². The zero-order valence-corrected chi connectivity index (χ0v) is 21.2. The molecule has 0 spiro atoms. The maximum absolute atomic E-state index is 13.7. The number of carbonyl (C=O) groups is 1. The second-order valence-corrected chi connectivity index (χ2v) is 12.0. The van der Waals surface area contributed by atoms with Gasteiger partial charge < -0.3 is 10.0 Å². The highest BCUT2D eigenvalue weighted by atomic mass is 32.2. The lowest BCUT2D eigenvalue weighted by molar-refractivity contribution is -0.147. The second kappa shape index (κ2) is 9.02. The summed E-state index contributed by atoms with van der Waals surface area (Å²) in [7, 11) is -4.00. The molecule has 198 valence electrons. The van der Waals surface area contributed by atoms with E-state index in [1.807, 2.05) is 4.90 Å². The first-order valence-electron chi connectivity index (χ1n) is 12.4. The fourth-order valence-corrected chi connectivity index (χ4v) is 7.27. The number of carboxylic acids is 1. The van der Waals surface area contributed by atoms with Crippen molar-refractivity contribution >= 4 is 27.8 Å². The van der Waals surface area contributed by atoms with E-state index < -0.39 is 27.6 Å². The van der Waals surface area contributed by atoms with Gasteiger partial charge >= 0.3 is 5.97 Å². The molecule has 1 aliphatic carbocycles. The number of aromatic nitrogens is 2. The molecule has 2 saturated heterocycles. The number of anilines is 1. The van der Waals surface area contributed by atoms with Crippen LogP contribution in [0.1, 0.15) is 24.1 Å². The molecule has 2 fully saturated rings. The lowest BCUT2D eigenvalue weighted by Crippen LogP contribution is -2.53. The summed E-state index contributed by atoms with van der Waals surface area (Å²) in [6.07, 6.45) is 3.16. The Kier molecular flexibility index (Phi) is 5.88. The Bertz CT molecular complexity index is 1550. The van der Waals surface area contributed by atoms with Gasteiger partial charge in [-0.3, -0.25) is 4.79 Å². The third kappa shape index (κ3) is 4.01. The first-order chi connectivity index (χ1) is 18.2. The van der Waals surface area contributed by atoms with Crippen molar-refractivity contribution in [2.45, 2.75) is 30.3 Å². The molecule has 0 saturated carbocycles. The number of hydrogen-bond acceptors (Lipinski definition) is 5. The summed E-state index contributed by atoms with van der Waals surface area (Å²) in [5.74, 6) is -1.46. The second-order valence-electron chi connectivity index (χ2n) is 10.1. The number of carboxylic acid groups (broad SMARTS) is 1. The van der Waals surface area contributed by atoms with E-state index in [0.29, 0.717) is 41.2 Å². The first kappa shape index (κ1) is 24.7. The summed E-state index contributed by atoms with van der Waals surface area (Å²) in [5, 5.41) is 14.8. The molecule has 38 heavy (non-hydrogen) atoms. The number of nitrogens with zero attached hydrogens (tertiary/aromatic N) is 4. The molecule has 2 aromatic carbocycles. The van der Waals surface area contributed by atoms with Gasteiger partial charge in [-0.1, -0.05) is 6.07 Å². The van der Waals surface area contributed by atoms with Crippen LogP contribution in [0.3, 0.4) is 0 Å². The summed E-state index contributed by atoms with van der Waals surface area (Å²) in [5.41, 5.74) is 1.87. The minimum Gasteiger partial charge on any atom is -0.481 e. The molecule has 1 N–H and O–H groups in total. The number of fused-ring (bicyclic) bond motifs is 2. The van der Waals surface area contributed by atoms with Crippen molar-refractivity contribution in [3.8, 4) is 5.69 Å². The van der Waals surface area contributed by atoms with Crippen molar-refractivity contribution in [2.24, 2.45) is 5.41 Å². The largest absolute Gasteiger partial charge is 0.481 e. The minimum absolute atomic E-state index is 0.0610. The molecule has 2 atom stereocenters. The van der Waals surface area contributed by atoms with Crippen molar-refractivity contribution < 1.29 is 27.1 Å². The van der Waals surface area contributed by atoms with Gasteiger partial charge in [0.15, 0.2) is 0 Å². The molecule has 1 aromatic heterocycles. The summed E-state index contributed by atoms with van der Waals surface area (Å²) in [4.78, 5) is 14.6. The van der Waals surface area contributed by atoms with Gasteiger partial charge in [-0.15, -0.1) is 0 Å². The van der Waals surface area contributed by atoms with Gasteiger partial charge in [-0.2, -0.15) is 9.40 Å². The van der Waals surface area contributed by atoms with Crippen LogP contribution in [0.5, 0.6) is 0 Å². The van der Waals surface area contributed by atoms with E-state index in [-0.39, 0.29) is 43.2 Å². The minimum atomic E-state index is -4.00. The summed E-state index contributed by atoms with van der Waals surface area (Å²) in [6, 6.07) is 12.3. The number of alkyl halides is 1. The normalized spacial score (nSPS) is 23.6. The Labute approximate surface area is 218 Å². The predicted molar refractivity (Wildman–Crippen MR) is 137 cm³/mol. The van der Waals surface area contributed by atoms with Gasteiger partial charge in [-0.05, 0) is 78.9 Å². The maximum atomic E-state index is 13.7. The van der Waals surface area contributed by atoms with Crippen molar-refractivity contribution in [3.63, 3.8) is 0 Å². The molecule has 3 heterocycles. The molecule has 0 radical (unpaired) electrons. The smallest absolute Gasteiger partial charge is 0.315 e. The van der Waals surface area contributed by atoms with Gasteiger partial charge in [0.05, 0.1) is 22.5 Å². The van der Waals surface area contributed by atoms with Crippen LogP contribution in [0, 0.1) is 11.2 Å². The molecular formula is C27H26F2N4O4S. The fourth-order valence-electron chi connectivity index (χ4n) is 5.73. The van der Waals surface area contributed by atoms with Crippen LogP contribution in [0.25, 0.3) is 11.8 Å². The lowest BCUT2D eigenvalue weighted by atomic mass is 9.69. The van der Waals surface area contributed by atoms with Gasteiger partial charge in [0.2, 0.25) is 10.0 Å². The molecule has 8 nitrogen and oxygen atoms in total. The molecule has 3 aromatic rings. The Balaban J connectivity index is 1.32. The van der Waals surface area contributed by atoms with Gasteiger partial charge in [-0.25, -0.2) is 21.9 Å². The van der Waals surface area contributed by atoms with E-state index in [1.54, 1.807) is 41.2 Å². The van der Waals surface area contributed by atoms with E-state index in [9.17, 15) is 27.1 Å². The van der Waals surface area contributed by atoms with E-state index in [2.05, 4.69) is 5.10 Å². The van der Waals surface area contributed by atoms with Gasteiger partial charge in [0, 0.05) is 31.9 Å². The van der Waals surface area contributed by atoms with E-state index in [4.69, 9.17) is 0 Å². The zero-order valence-electron chi connectivity index (χ0n) is 20.4. The van der Waals surface area contributed by atoms with Crippen LogP contribution in [0.2, 0.25) is 0 Å². The quantitative estimate of drug-likeness (QED) is 0.531. The molecular weight excluding hydrogens is 514 g/mol. The van der Waals surface area contributed by atoms with E-state index >= 15 is 0 Å². The van der Waals surface area contributed by atoms with Crippen molar-refractivity contribution in [2.75, 3.05) is 31.1 Å². The number of hydrogen-bond donors (Lipinski definition) is 1. The van der Waals surface area contributed by atoms with E-state index in [0.717, 1.165) is 0 Å². The predicted octanol–water partition coefficient (Wildman–Crippen LogP) is 3.66. The summed E-state index contributed by atoms with van der Waals surface area (Å²) < 4.78 is 57.4. The van der Waals surface area contributed by atoms with Crippen LogP contribution in [0.15, 0.2) is 65.2 Å². The monoisotopic (exact) mass is 540 g/mol. The summed E-state index contributed by atoms with van der Waals surface area (Å²) in [6.45, 7) is 0.651. The van der Waals surface area contributed by atoms with Crippen LogP contribution >= 0.6 is 0 Å². The average molecular weight is 541 g/mol. The SMILES string of the molecule is O=C(O)C12Cc3cnn(-c4ccc(F)cc4)c3C=C1CCN(S(=O)(=O)c1cccc(N3CCC(F)C3)c1)C2. The highest BCUT2D eigenvalue weighted by molar-refractivity contribution is 7.89. The highest BCUT2D eigenvalue weighted by Crippen LogP contribution is 2.45. The maximum Gasteiger partial charge on any atom is 0.315 e. The molecule has 2 aliphatic heterocycles. The molecule has 0 amide bonds. The van der Waals surface area contributed by atoms with Crippen LogP contribution < -0.4 is 4.90 Å². The summed E-state index contributed by atoms with van der Waals surface area (Å²) >= 11 is 0. The van der Waals surface area contributed by atoms with E-state index in [1.165, 1.54) is 28.6 Å². The highest BCUT2D eigenvalue weighted by Gasteiger charge is 2.51. The number of sulfonamides is 1. The average Bonchev–Trinajstić information content (AvgIpc) is 3.53. The third-order valence-electron chi connectivity index (χ3n) is 7.81. The molecule has 2 unspecified atom stereocenters.